The summed E-state index contributed by atoms with van der Waals surface area (Å²) < 4.78 is 7.33. The Bertz CT molecular complexity index is 1000. The Hall–Kier alpha value is -3.46. The molecule has 0 unspecified atom stereocenters. The van der Waals surface area contributed by atoms with Gasteiger partial charge in [-0.2, -0.15) is 0 Å². The third-order valence-electron chi connectivity index (χ3n) is 4.81. The zero-order chi connectivity index (χ0) is 22.2. The third kappa shape index (κ3) is 5.79. The minimum atomic E-state index is -0.983. The normalized spacial score (nSPS) is 10.9. The quantitative estimate of drug-likeness (QED) is 0.483. The summed E-state index contributed by atoms with van der Waals surface area (Å²) in [5.41, 5.74) is 1.56. The number of aromatic nitrogens is 3. The number of rotatable bonds is 11. The van der Waals surface area contributed by atoms with Gasteiger partial charge in [0.15, 0.2) is 5.76 Å². The maximum atomic E-state index is 12.8. The first-order valence-electron chi connectivity index (χ1n) is 10.2. The summed E-state index contributed by atoms with van der Waals surface area (Å²) in [6.07, 6.45) is 4.12. The van der Waals surface area contributed by atoms with Gasteiger partial charge in [0.05, 0.1) is 11.8 Å². The number of amides is 1. The molecule has 0 atom stereocenters. The summed E-state index contributed by atoms with van der Waals surface area (Å²) >= 11 is 0. The van der Waals surface area contributed by atoms with Crippen LogP contribution in [0.1, 0.15) is 52.9 Å². The van der Waals surface area contributed by atoms with E-state index in [1.807, 2.05) is 0 Å². The zero-order valence-electron chi connectivity index (χ0n) is 17.4. The third-order valence-corrected chi connectivity index (χ3v) is 4.81. The van der Waals surface area contributed by atoms with Crippen LogP contribution in [0.25, 0.3) is 11.3 Å². The smallest absolute Gasteiger partial charge is 0.335 e. The van der Waals surface area contributed by atoms with Crippen molar-refractivity contribution in [2.45, 2.75) is 32.7 Å². The zero-order valence-corrected chi connectivity index (χ0v) is 17.4. The van der Waals surface area contributed by atoms with Gasteiger partial charge in [0.2, 0.25) is 0 Å². The second kappa shape index (κ2) is 10.5. The molecule has 0 radical (unpaired) electrons. The number of furan rings is 1. The Morgan fingerprint density at radius 2 is 1.84 bits per heavy atom. The molecular weight excluding hydrogens is 400 g/mol. The summed E-state index contributed by atoms with van der Waals surface area (Å²) in [4.78, 5) is 25.4. The maximum Gasteiger partial charge on any atom is 0.335 e. The van der Waals surface area contributed by atoms with Crippen molar-refractivity contribution in [1.29, 1.82) is 0 Å². The fourth-order valence-electron chi connectivity index (χ4n) is 3.11. The number of aromatic carboxylic acids is 1. The number of aliphatic hydroxyl groups excluding tert-OH is 1. The highest BCUT2D eigenvalue weighted by atomic mass is 16.4. The van der Waals surface area contributed by atoms with Gasteiger partial charge in [-0.05, 0) is 37.1 Å². The van der Waals surface area contributed by atoms with Gasteiger partial charge in [0, 0.05) is 25.3 Å². The molecule has 3 rings (SSSR count). The lowest BCUT2D eigenvalue weighted by atomic mass is 10.1. The van der Waals surface area contributed by atoms with Crippen LogP contribution in [0, 0.1) is 0 Å². The second-order valence-corrected chi connectivity index (χ2v) is 7.17. The Kier molecular flexibility index (Phi) is 7.55. The highest BCUT2D eigenvalue weighted by Crippen LogP contribution is 2.18. The van der Waals surface area contributed by atoms with Crippen LogP contribution in [-0.2, 0) is 6.54 Å². The number of unbranched alkanes of at least 4 members (excludes halogenated alkanes) is 1. The highest BCUT2D eigenvalue weighted by Gasteiger charge is 2.19. The summed E-state index contributed by atoms with van der Waals surface area (Å²) in [7, 11) is 0. The van der Waals surface area contributed by atoms with E-state index in [2.05, 4.69) is 17.2 Å². The van der Waals surface area contributed by atoms with Gasteiger partial charge in [0.1, 0.15) is 18.0 Å². The molecule has 0 fully saturated rings. The number of carboxylic acid groups (broad SMARTS) is 1. The summed E-state index contributed by atoms with van der Waals surface area (Å²) in [5.74, 6) is -0.346. The number of hydrogen-bond acceptors (Lipinski definition) is 6. The molecule has 3 aromatic rings. The van der Waals surface area contributed by atoms with Gasteiger partial charge < -0.3 is 19.5 Å². The van der Waals surface area contributed by atoms with Crippen molar-refractivity contribution in [3.63, 3.8) is 0 Å². The van der Waals surface area contributed by atoms with Gasteiger partial charge in [-0.3, -0.25) is 4.79 Å². The molecule has 0 aliphatic carbocycles. The van der Waals surface area contributed by atoms with E-state index in [-0.39, 0.29) is 23.8 Å². The standard InChI is InChI=1S/C22H26N4O5/c1-2-3-11-25(12-4-13-27)21(28)20-10-9-18(31-20)14-26-15-19(23-24-26)16-5-7-17(8-6-16)22(29)30/h5-10,15,27H,2-4,11-14H2,1H3,(H,29,30). The fraction of sp³-hybridized carbons (Fsp3) is 0.364. The van der Waals surface area contributed by atoms with Crippen molar-refractivity contribution in [2.24, 2.45) is 0 Å². The molecule has 2 aromatic heterocycles. The Morgan fingerprint density at radius 3 is 2.52 bits per heavy atom. The van der Waals surface area contributed by atoms with Crippen LogP contribution in [0.2, 0.25) is 0 Å². The van der Waals surface area contributed by atoms with Gasteiger partial charge in [-0.25, -0.2) is 9.48 Å². The van der Waals surface area contributed by atoms with Crippen molar-refractivity contribution in [1.82, 2.24) is 19.9 Å². The van der Waals surface area contributed by atoms with Crippen molar-refractivity contribution < 1.29 is 24.2 Å². The molecule has 0 saturated heterocycles. The van der Waals surface area contributed by atoms with E-state index in [1.165, 1.54) is 12.1 Å². The first kappa shape index (κ1) is 22.2. The Balaban J connectivity index is 1.66. The first-order chi connectivity index (χ1) is 15.0. The second-order valence-electron chi connectivity index (χ2n) is 7.17. The van der Waals surface area contributed by atoms with Gasteiger partial charge in [0.25, 0.3) is 5.91 Å². The molecule has 0 aliphatic rings. The number of hydrogen-bond donors (Lipinski definition) is 2. The lowest BCUT2D eigenvalue weighted by molar-refractivity contribution is 0.0692. The minimum Gasteiger partial charge on any atom is -0.478 e. The maximum absolute atomic E-state index is 12.8. The number of carbonyl (C=O) groups excluding carboxylic acids is 1. The Morgan fingerprint density at radius 1 is 1.10 bits per heavy atom. The summed E-state index contributed by atoms with van der Waals surface area (Å²) in [5, 5.41) is 26.3. The van der Waals surface area contributed by atoms with E-state index in [0.717, 1.165) is 18.4 Å². The van der Waals surface area contributed by atoms with Crippen molar-refractivity contribution in [3.8, 4) is 11.3 Å². The lowest BCUT2D eigenvalue weighted by Gasteiger charge is -2.21. The highest BCUT2D eigenvalue weighted by molar-refractivity contribution is 5.91. The number of benzene rings is 1. The largest absolute Gasteiger partial charge is 0.478 e. The van der Waals surface area contributed by atoms with E-state index in [0.29, 0.717) is 37.5 Å². The molecule has 164 valence electrons. The number of aliphatic hydroxyl groups is 1. The molecular formula is C22H26N4O5. The van der Waals surface area contributed by atoms with Crippen molar-refractivity contribution >= 4 is 11.9 Å². The predicted octanol–water partition coefficient (Wildman–Crippen LogP) is 2.91. The van der Waals surface area contributed by atoms with E-state index in [9.17, 15) is 9.59 Å². The summed E-state index contributed by atoms with van der Waals surface area (Å²) in [6.45, 7) is 3.51. The van der Waals surface area contributed by atoms with Crippen molar-refractivity contribution in [2.75, 3.05) is 19.7 Å². The Labute approximate surface area is 179 Å². The van der Waals surface area contributed by atoms with Crippen LogP contribution in [-0.4, -0.2) is 61.7 Å². The average Bonchev–Trinajstić information content (AvgIpc) is 3.44. The van der Waals surface area contributed by atoms with Crippen LogP contribution in [0.15, 0.2) is 47.0 Å². The molecule has 1 aromatic carbocycles. The van der Waals surface area contributed by atoms with Gasteiger partial charge in [-0.15, -0.1) is 5.10 Å². The van der Waals surface area contributed by atoms with E-state index in [4.69, 9.17) is 14.6 Å². The van der Waals surface area contributed by atoms with Crippen LogP contribution >= 0.6 is 0 Å². The number of carboxylic acids is 1. The average molecular weight is 426 g/mol. The molecule has 2 heterocycles. The monoisotopic (exact) mass is 426 g/mol. The van der Waals surface area contributed by atoms with E-state index in [1.54, 1.807) is 40.0 Å². The molecule has 0 bridgehead atoms. The predicted molar refractivity (Wildman–Crippen MR) is 113 cm³/mol. The molecule has 2 N–H and O–H groups in total. The molecule has 0 aliphatic heterocycles. The molecule has 0 saturated carbocycles. The van der Waals surface area contributed by atoms with Gasteiger partial charge in [-0.1, -0.05) is 30.7 Å². The SMILES string of the molecule is CCCCN(CCCO)C(=O)c1ccc(Cn2cc(-c3ccc(C(=O)O)cc3)nn2)o1. The fourth-order valence-corrected chi connectivity index (χ4v) is 3.11. The molecule has 9 heteroatoms. The topological polar surface area (TPSA) is 122 Å². The van der Waals surface area contributed by atoms with Crippen LogP contribution < -0.4 is 0 Å². The summed E-state index contributed by atoms with van der Waals surface area (Å²) in [6, 6.07) is 9.78. The van der Waals surface area contributed by atoms with Crippen LogP contribution in [0.3, 0.4) is 0 Å². The van der Waals surface area contributed by atoms with E-state index < -0.39 is 5.97 Å². The lowest BCUT2D eigenvalue weighted by Crippen LogP contribution is -2.33. The number of carbonyl (C=O) groups is 2. The number of nitrogens with zero attached hydrogens (tertiary/aromatic N) is 4. The van der Waals surface area contributed by atoms with E-state index >= 15 is 0 Å². The molecule has 1 amide bonds. The minimum absolute atomic E-state index is 0.0347. The van der Waals surface area contributed by atoms with Crippen molar-refractivity contribution in [3.05, 3.63) is 59.7 Å². The molecule has 31 heavy (non-hydrogen) atoms. The molecule has 0 spiro atoms. The van der Waals surface area contributed by atoms with Crippen LogP contribution in [0.5, 0.6) is 0 Å². The molecule has 9 nitrogen and oxygen atoms in total. The van der Waals surface area contributed by atoms with Gasteiger partial charge >= 0.3 is 5.97 Å². The van der Waals surface area contributed by atoms with Crippen LogP contribution in [0.4, 0.5) is 0 Å². The first-order valence-corrected chi connectivity index (χ1v) is 10.2.